The average Bonchev–Trinajstić information content (AvgIpc) is 2.96. The standard InChI is InChI=1S/C16H19N3O2/c17-12-15(13-9-18-5-6-19-13)10-14(11-15)1-3-16(4-2-14)20-7-8-21-16/h5-6,9H,1-4,7-8,10-11H2. The molecule has 0 aromatic carbocycles. The number of nitriles is 1. The maximum Gasteiger partial charge on any atom is 0.168 e. The van der Waals surface area contributed by atoms with E-state index >= 15 is 0 Å². The molecule has 1 aliphatic heterocycles. The van der Waals surface area contributed by atoms with Crippen LogP contribution in [0.25, 0.3) is 0 Å². The molecule has 2 spiro atoms. The molecule has 0 atom stereocenters. The van der Waals surface area contributed by atoms with Crippen LogP contribution in [-0.4, -0.2) is 29.0 Å². The molecule has 2 aliphatic carbocycles. The van der Waals surface area contributed by atoms with Gasteiger partial charge in [-0.15, -0.1) is 0 Å². The fourth-order valence-electron chi connectivity index (χ4n) is 4.39. The van der Waals surface area contributed by atoms with Gasteiger partial charge in [0.05, 0.1) is 31.2 Å². The Morgan fingerprint density at radius 1 is 1.05 bits per heavy atom. The molecule has 110 valence electrons. The molecule has 3 aliphatic rings. The summed E-state index contributed by atoms with van der Waals surface area (Å²) in [6, 6.07) is 2.50. The number of aromatic nitrogens is 2. The summed E-state index contributed by atoms with van der Waals surface area (Å²) in [7, 11) is 0. The molecule has 0 radical (unpaired) electrons. The predicted molar refractivity (Wildman–Crippen MR) is 74.1 cm³/mol. The Bertz CT molecular complexity index is 557. The smallest absolute Gasteiger partial charge is 0.168 e. The van der Waals surface area contributed by atoms with E-state index in [0.29, 0.717) is 0 Å². The van der Waals surface area contributed by atoms with Crippen molar-refractivity contribution in [2.75, 3.05) is 13.2 Å². The van der Waals surface area contributed by atoms with Gasteiger partial charge >= 0.3 is 0 Å². The molecule has 2 heterocycles. The Morgan fingerprint density at radius 3 is 2.33 bits per heavy atom. The van der Waals surface area contributed by atoms with E-state index in [1.807, 2.05) is 0 Å². The third-order valence-electron chi connectivity index (χ3n) is 5.51. The summed E-state index contributed by atoms with van der Waals surface area (Å²) in [5.41, 5.74) is 0.663. The lowest BCUT2D eigenvalue weighted by atomic mass is 9.47. The van der Waals surface area contributed by atoms with Gasteiger partial charge in [0.25, 0.3) is 0 Å². The SMILES string of the molecule is N#CC1(c2cnccn2)CC2(CCC3(CC2)OCCO3)C1. The van der Waals surface area contributed by atoms with Crippen molar-refractivity contribution in [2.24, 2.45) is 5.41 Å². The van der Waals surface area contributed by atoms with E-state index in [1.54, 1.807) is 18.6 Å². The normalized spacial score (nSPS) is 28.1. The highest BCUT2D eigenvalue weighted by Gasteiger charge is 2.59. The van der Waals surface area contributed by atoms with Crippen molar-refractivity contribution in [3.8, 4) is 6.07 Å². The van der Waals surface area contributed by atoms with Gasteiger partial charge < -0.3 is 9.47 Å². The van der Waals surface area contributed by atoms with Gasteiger partial charge in [0, 0.05) is 25.2 Å². The highest BCUT2D eigenvalue weighted by Crippen LogP contribution is 2.62. The third kappa shape index (κ3) is 1.97. The maximum absolute atomic E-state index is 9.64. The highest BCUT2D eigenvalue weighted by molar-refractivity contribution is 5.32. The van der Waals surface area contributed by atoms with E-state index in [4.69, 9.17) is 9.47 Å². The lowest BCUT2D eigenvalue weighted by molar-refractivity contribution is -0.202. The molecule has 0 amide bonds. The Morgan fingerprint density at radius 2 is 1.76 bits per heavy atom. The summed E-state index contributed by atoms with van der Waals surface area (Å²) in [5.74, 6) is -0.317. The lowest BCUT2D eigenvalue weighted by Crippen LogP contribution is -2.53. The van der Waals surface area contributed by atoms with Crippen LogP contribution >= 0.6 is 0 Å². The lowest BCUT2D eigenvalue weighted by Gasteiger charge is -2.56. The number of hydrogen-bond donors (Lipinski definition) is 0. The van der Waals surface area contributed by atoms with Crippen LogP contribution in [0, 0.1) is 16.7 Å². The van der Waals surface area contributed by atoms with Crippen molar-refractivity contribution in [1.29, 1.82) is 5.26 Å². The molecule has 4 rings (SSSR count). The molecule has 1 aromatic heterocycles. The fraction of sp³-hybridized carbons (Fsp3) is 0.688. The van der Waals surface area contributed by atoms with Crippen LogP contribution in [0.4, 0.5) is 0 Å². The quantitative estimate of drug-likeness (QED) is 0.792. The van der Waals surface area contributed by atoms with Crippen molar-refractivity contribution in [2.45, 2.75) is 49.7 Å². The molecule has 5 nitrogen and oxygen atoms in total. The second-order valence-electron chi connectivity index (χ2n) is 6.75. The first-order chi connectivity index (χ1) is 10.2. The zero-order valence-electron chi connectivity index (χ0n) is 12.0. The Labute approximate surface area is 124 Å². The van der Waals surface area contributed by atoms with Gasteiger partial charge in [-0.25, -0.2) is 0 Å². The highest BCUT2D eigenvalue weighted by atomic mass is 16.7. The number of nitrogens with zero attached hydrogens (tertiary/aromatic N) is 3. The Kier molecular flexibility index (Phi) is 2.82. The molecular formula is C16H19N3O2. The van der Waals surface area contributed by atoms with Gasteiger partial charge in [0.15, 0.2) is 5.79 Å². The minimum atomic E-state index is -0.434. The molecular weight excluding hydrogens is 266 g/mol. The predicted octanol–water partition coefficient (Wildman–Crippen LogP) is 2.34. The fourth-order valence-corrected chi connectivity index (χ4v) is 4.39. The minimum absolute atomic E-state index is 0.272. The van der Waals surface area contributed by atoms with E-state index in [2.05, 4.69) is 16.0 Å². The third-order valence-corrected chi connectivity index (χ3v) is 5.51. The van der Waals surface area contributed by atoms with Gasteiger partial charge in [-0.05, 0) is 31.1 Å². The van der Waals surface area contributed by atoms with Gasteiger partial charge in [-0.1, -0.05) is 0 Å². The molecule has 21 heavy (non-hydrogen) atoms. The second-order valence-corrected chi connectivity index (χ2v) is 6.75. The van der Waals surface area contributed by atoms with E-state index < -0.39 is 5.41 Å². The Hall–Kier alpha value is -1.51. The topological polar surface area (TPSA) is 68.0 Å². The van der Waals surface area contributed by atoms with Crippen LogP contribution in [0.5, 0.6) is 0 Å². The minimum Gasteiger partial charge on any atom is -0.348 e. The van der Waals surface area contributed by atoms with Gasteiger partial charge in [-0.3, -0.25) is 9.97 Å². The van der Waals surface area contributed by atoms with Crippen LogP contribution in [-0.2, 0) is 14.9 Å². The molecule has 5 heteroatoms. The van der Waals surface area contributed by atoms with E-state index in [-0.39, 0.29) is 11.2 Å². The van der Waals surface area contributed by atoms with Crippen molar-refractivity contribution < 1.29 is 9.47 Å². The maximum atomic E-state index is 9.64. The summed E-state index contributed by atoms with van der Waals surface area (Å²) >= 11 is 0. The second kappa shape index (κ2) is 4.49. The zero-order valence-corrected chi connectivity index (χ0v) is 12.0. The Balaban J connectivity index is 1.48. The zero-order chi connectivity index (χ0) is 14.4. The molecule has 2 saturated carbocycles. The first-order valence-electron chi connectivity index (χ1n) is 7.66. The molecule has 1 saturated heterocycles. The van der Waals surface area contributed by atoms with Gasteiger partial charge in [0.1, 0.15) is 5.41 Å². The van der Waals surface area contributed by atoms with Crippen molar-refractivity contribution in [1.82, 2.24) is 9.97 Å². The summed E-state index contributed by atoms with van der Waals surface area (Å²) in [6.07, 6.45) is 10.9. The van der Waals surface area contributed by atoms with Crippen LogP contribution in [0.15, 0.2) is 18.6 Å². The summed E-state index contributed by atoms with van der Waals surface area (Å²) in [6.45, 7) is 1.43. The van der Waals surface area contributed by atoms with Gasteiger partial charge in [-0.2, -0.15) is 5.26 Å². The van der Waals surface area contributed by atoms with E-state index in [1.165, 1.54) is 0 Å². The molecule has 0 bridgehead atoms. The first-order valence-corrected chi connectivity index (χ1v) is 7.66. The average molecular weight is 285 g/mol. The monoisotopic (exact) mass is 285 g/mol. The number of ether oxygens (including phenoxy) is 2. The number of hydrogen-bond acceptors (Lipinski definition) is 5. The molecule has 0 unspecified atom stereocenters. The van der Waals surface area contributed by atoms with Crippen LogP contribution < -0.4 is 0 Å². The van der Waals surface area contributed by atoms with Crippen molar-refractivity contribution in [3.63, 3.8) is 0 Å². The van der Waals surface area contributed by atoms with Gasteiger partial charge in [0.2, 0.25) is 0 Å². The number of rotatable bonds is 1. The first kappa shape index (κ1) is 13.2. The van der Waals surface area contributed by atoms with Crippen LogP contribution in [0.2, 0.25) is 0 Å². The van der Waals surface area contributed by atoms with Crippen molar-refractivity contribution >= 4 is 0 Å². The van der Waals surface area contributed by atoms with E-state index in [9.17, 15) is 5.26 Å². The summed E-state index contributed by atoms with van der Waals surface area (Å²) < 4.78 is 11.6. The van der Waals surface area contributed by atoms with E-state index in [0.717, 1.165) is 57.4 Å². The van der Waals surface area contributed by atoms with Crippen LogP contribution in [0.3, 0.4) is 0 Å². The summed E-state index contributed by atoms with van der Waals surface area (Å²) in [4.78, 5) is 8.48. The largest absolute Gasteiger partial charge is 0.348 e. The summed E-state index contributed by atoms with van der Waals surface area (Å²) in [5, 5.41) is 9.64. The molecule has 0 N–H and O–H groups in total. The molecule has 3 fully saturated rings. The van der Waals surface area contributed by atoms with Crippen molar-refractivity contribution in [3.05, 3.63) is 24.3 Å². The van der Waals surface area contributed by atoms with Crippen LogP contribution in [0.1, 0.15) is 44.2 Å². The molecule has 1 aromatic rings.